The van der Waals surface area contributed by atoms with Gasteiger partial charge in [-0.15, -0.1) is 0 Å². The van der Waals surface area contributed by atoms with E-state index in [2.05, 4.69) is 91.4 Å². The Labute approximate surface area is 205 Å². The van der Waals surface area contributed by atoms with Crippen molar-refractivity contribution in [3.8, 4) is 0 Å². The Morgan fingerprint density at radius 2 is 1.56 bits per heavy atom. The standard InChI is InChI=1S/C26H29ClN4O2Si/c1-26(2,3)34(20-11-7-5-8-12-20,21-13-9-6-10-14-21)33-19-15-18(16-19)31-23-22(30(4)25(31)32)17-28-24(27)29-23/h5-14,17-19H,15-16H2,1-4H3. The number of aryl methyl sites for hydroxylation is 1. The molecule has 0 N–H and O–H groups in total. The summed E-state index contributed by atoms with van der Waals surface area (Å²) in [6.07, 6.45) is 3.17. The maximum atomic E-state index is 13.0. The largest absolute Gasteiger partial charge is 0.404 e. The van der Waals surface area contributed by atoms with Crippen LogP contribution in [0.25, 0.3) is 11.2 Å². The first-order valence-electron chi connectivity index (χ1n) is 11.6. The molecule has 5 rings (SSSR count). The van der Waals surface area contributed by atoms with Gasteiger partial charge in [0.2, 0.25) is 5.28 Å². The van der Waals surface area contributed by atoms with Crippen LogP contribution in [0.15, 0.2) is 71.7 Å². The summed E-state index contributed by atoms with van der Waals surface area (Å²) in [4.78, 5) is 21.4. The second-order valence-electron chi connectivity index (χ2n) is 10.1. The van der Waals surface area contributed by atoms with Gasteiger partial charge in [-0.05, 0) is 39.9 Å². The maximum Gasteiger partial charge on any atom is 0.330 e. The van der Waals surface area contributed by atoms with E-state index in [0.29, 0.717) is 11.2 Å². The Morgan fingerprint density at radius 3 is 2.09 bits per heavy atom. The summed E-state index contributed by atoms with van der Waals surface area (Å²) in [7, 11) is -0.880. The molecule has 1 saturated carbocycles. The minimum atomic E-state index is -2.62. The first kappa shape index (κ1) is 23.0. The summed E-state index contributed by atoms with van der Waals surface area (Å²) >= 11 is 6.05. The molecule has 0 saturated heterocycles. The third-order valence-corrected chi connectivity index (χ3v) is 12.3. The SMILES string of the molecule is Cn1c(=O)n(C2CC(O[Si](c3ccccc3)(c3ccccc3)C(C)(C)C)C2)c2nc(Cl)ncc21. The number of rotatable bonds is 5. The van der Waals surface area contributed by atoms with Crippen molar-refractivity contribution in [2.24, 2.45) is 7.05 Å². The van der Waals surface area contributed by atoms with Crippen LogP contribution in [0.4, 0.5) is 0 Å². The van der Waals surface area contributed by atoms with E-state index in [0.717, 1.165) is 12.8 Å². The first-order chi connectivity index (χ1) is 16.2. The zero-order valence-corrected chi connectivity index (χ0v) is 21.7. The van der Waals surface area contributed by atoms with Crippen molar-refractivity contribution in [1.82, 2.24) is 19.1 Å². The van der Waals surface area contributed by atoms with Crippen LogP contribution < -0.4 is 16.1 Å². The molecule has 1 aliphatic rings. The molecule has 0 aliphatic heterocycles. The summed E-state index contributed by atoms with van der Waals surface area (Å²) < 4.78 is 10.5. The molecule has 0 atom stereocenters. The molecule has 0 radical (unpaired) electrons. The lowest BCUT2D eigenvalue weighted by Gasteiger charge is -2.48. The molecule has 176 valence electrons. The van der Waals surface area contributed by atoms with Crippen molar-refractivity contribution in [3.63, 3.8) is 0 Å². The second kappa shape index (κ2) is 8.48. The predicted octanol–water partition coefficient (Wildman–Crippen LogP) is 4.06. The van der Waals surface area contributed by atoms with Crippen LogP contribution in [0.1, 0.15) is 39.7 Å². The number of hydrogen-bond donors (Lipinski definition) is 0. The highest BCUT2D eigenvalue weighted by atomic mass is 35.5. The van der Waals surface area contributed by atoms with E-state index in [4.69, 9.17) is 16.0 Å². The third kappa shape index (κ3) is 3.63. The van der Waals surface area contributed by atoms with Crippen molar-refractivity contribution < 1.29 is 4.43 Å². The molecule has 1 fully saturated rings. The number of imidazole rings is 1. The van der Waals surface area contributed by atoms with Crippen LogP contribution in [0.5, 0.6) is 0 Å². The fourth-order valence-corrected chi connectivity index (χ4v) is 10.1. The van der Waals surface area contributed by atoms with Crippen molar-refractivity contribution >= 4 is 41.5 Å². The number of halogens is 1. The predicted molar refractivity (Wildman–Crippen MR) is 139 cm³/mol. The Bertz CT molecular complexity index is 1330. The summed E-state index contributed by atoms with van der Waals surface area (Å²) in [6.45, 7) is 6.84. The molecule has 2 heterocycles. The van der Waals surface area contributed by atoms with Gasteiger partial charge in [0.15, 0.2) is 5.65 Å². The van der Waals surface area contributed by atoms with Gasteiger partial charge in [-0.25, -0.2) is 9.78 Å². The number of benzene rings is 2. The van der Waals surface area contributed by atoms with Crippen LogP contribution in [0.2, 0.25) is 10.3 Å². The minimum absolute atomic E-state index is 0.0189. The zero-order chi connectivity index (χ0) is 24.1. The van der Waals surface area contributed by atoms with Crippen LogP contribution in [-0.2, 0) is 11.5 Å². The Balaban J connectivity index is 1.51. The maximum absolute atomic E-state index is 13.0. The van der Waals surface area contributed by atoms with E-state index in [9.17, 15) is 4.79 Å². The van der Waals surface area contributed by atoms with Gasteiger partial charge in [0, 0.05) is 19.2 Å². The van der Waals surface area contributed by atoms with Gasteiger partial charge in [-0.2, -0.15) is 4.98 Å². The average Bonchev–Trinajstić information content (AvgIpc) is 3.03. The molecule has 0 unspecified atom stereocenters. The molecule has 0 bridgehead atoms. The number of hydrogen-bond acceptors (Lipinski definition) is 4. The fraction of sp³-hybridized carbons (Fsp3) is 0.346. The van der Waals surface area contributed by atoms with Crippen molar-refractivity contribution in [1.29, 1.82) is 0 Å². The molecule has 6 nitrogen and oxygen atoms in total. The molecule has 8 heteroatoms. The minimum Gasteiger partial charge on any atom is -0.404 e. The van der Waals surface area contributed by atoms with Gasteiger partial charge in [0.1, 0.15) is 5.52 Å². The van der Waals surface area contributed by atoms with E-state index in [-0.39, 0.29) is 28.2 Å². The van der Waals surface area contributed by atoms with Crippen LogP contribution in [0, 0.1) is 0 Å². The first-order valence-corrected chi connectivity index (χ1v) is 13.9. The van der Waals surface area contributed by atoms with Gasteiger partial charge in [-0.3, -0.25) is 9.13 Å². The molecule has 1 aliphatic carbocycles. The Hall–Kier alpha value is -2.74. The van der Waals surface area contributed by atoms with E-state index in [1.807, 2.05) is 0 Å². The van der Waals surface area contributed by atoms with Crippen molar-refractivity contribution in [3.05, 3.63) is 82.6 Å². The average molecular weight is 493 g/mol. The molecule has 0 amide bonds. The highest BCUT2D eigenvalue weighted by Crippen LogP contribution is 2.43. The molecule has 0 spiro atoms. The summed E-state index contributed by atoms with van der Waals surface area (Å²) in [5, 5.41) is 2.59. The highest BCUT2D eigenvalue weighted by Gasteiger charge is 2.53. The molecule has 2 aromatic carbocycles. The van der Waals surface area contributed by atoms with Crippen LogP contribution >= 0.6 is 11.6 Å². The monoisotopic (exact) mass is 492 g/mol. The number of aromatic nitrogens is 4. The third-order valence-electron chi connectivity index (χ3n) is 7.00. The van der Waals surface area contributed by atoms with Gasteiger partial charge in [0.05, 0.1) is 6.20 Å². The topological polar surface area (TPSA) is 61.9 Å². The lowest BCUT2D eigenvalue weighted by atomic mass is 9.89. The normalized spacial score (nSPS) is 18.7. The fourth-order valence-electron chi connectivity index (χ4n) is 5.23. The number of nitrogens with zero attached hydrogens (tertiary/aromatic N) is 4. The quantitative estimate of drug-likeness (QED) is 0.311. The van der Waals surface area contributed by atoms with Gasteiger partial charge >= 0.3 is 5.69 Å². The molecule has 4 aromatic rings. The van der Waals surface area contributed by atoms with Crippen LogP contribution in [0.3, 0.4) is 0 Å². The Kier molecular flexibility index (Phi) is 5.74. The molecular formula is C26H29ClN4O2Si. The lowest BCUT2D eigenvalue weighted by Crippen LogP contribution is -2.68. The van der Waals surface area contributed by atoms with E-state index < -0.39 is 8.32 Å². The Morgan fingerprint density at radius 1 is 1.00 bits per heavy atom. The molecule has 34 heavy (non-hydrogen) atoms. The smallest absolute Gasteiger partial charge is 0.330 e. The second-order valence-corrected chi connectivity index (χ2v) is 14.7. The van der Waals surface area contributed by atoms with Crippen molar-refractivity contribution in [2.75, 3.05) is 0 Å². The summed E-state index contributed by atoms with van der Waals surface area (Å²) in [5.41, 5.74) is 1.17. The van der Waals surface area contributed by atoms with E-state index in [1.54, 1.807) is 22.4 Å². The summed E-state index contributed by atoms with van der Waals surface area (Å²) in [6, 6.07) is 21.3. The van der Waals surface area contributed by atoms with Crippen molar-refractivity contribution in [2.45, 2.75) is 50.8 Å². The number of fused-ring (bicyclic) bond motifs is 1. The van der Waals surface area contributed by atoms with E-state index >= 15 is 0 Å². The van der Waals surface area contributed by atoms with Gasteiger partial charge in [-0.1, -0.05) is 81.4 Å². The van der Waals surface area contributed by atoms with E-state index in [1.165, 1.54) is 10.4 Å². The van der Waals surface area contributed by atoms with Gasteiger partial charge in [0.25, 0.3) is 8.32 Å². The summed E-state index contributed by atoms with van der Waals surface area (Å²) in [5.74, 6) is 0. The van der Waals surface area contributed by atoms with Gasteiger partial charge < -0.3 is 4.43 Å². The lowest BCUT2D eigenvalue weighted by molar-refractivity contribution is 0.0615. The molecular weight excluding hydrogens is 464 g/mol. The highest BCUT2D eigenvalue weighted by molar-refractivity contribution is 6.99. The molecule has 2 aromatic heterocycles. The van der Waals surface area contributed by atoms with Crippen LogP contribution in [-0.4, -0.2) is 33.5 Å². The zero-order valence-electron chi connectivity index (χ0n) is 19.9.